The number of ether oxygens (including phenoxy) is 1. The fraction of sp³-hybridized carbons (Fsp3) is 0.393. The highest BCUT2D eigenvalue weighted by Crippen LogP contribution is 2.48. The number of anilines is 3. The van der Waals surface area contributed by atoms with E-state index in [1.54, 1.807) is 19.4 Å². The third-order valence-corrected chi connectivity index (χ3v) is 7.72. The third-order valence-electron chi connectivity index (χ3n) is 7.72. The van der Waals surface area contributed by atoms with Crippen molar-refractivity contribution in [3.63, 3.8) is 0 Å². The summed E-state index contributed by atoms with van der Waals surface area (Å²) >= 11 is 0. The van der Waals surface area contributed by atoms with Crippen LogP contribution in [0.25, 0.3) is 11.1 Å². The van der Waals surface area contributed by atoms with Gasteiger partial charge in [0.2, 0.25) is 5.95 Å². The summed E-state index contributed by atoms with van der Waals surface area (Å²) in [5, 5.41) is 9.22. The third kappa shape index (κ3) is 4.12. The van der Waals surface area contributed by atoms with Crippen molar-refractivity contribution in [2.24, 2.45) is 0 Å². The molecule has 9 heteroatoms. The highest BCUT2D eigenvalue weighted by molar-refractivity contribution is 5.96. The van der Waals surface area contributed by atoms with E-state index >= 15 is 0 Å². The Balaban J connectivity index is 1.32. The molecule has 192 valence electrons. The Hall–Kier alpha value is -3.56. The molecule has 0 saturated carbocycles. The van der Waals surface area contributed by atoms with Crippen LogP contribution in [0.3, 0.4) is 0 Å². The number of aliphatic hydroxyl groups is 1. The van der Waals surface area contributed by atoms with Crippen molar-refractivity contribution >= 4 is 23.2 Å². The van der Waals surface area contributed by atoms with Crippen molar-refractivity contribution in [1.82, 2.24) is 14.9 Å². The number of benzene rings is 2. The Morgan fingerprint density at radius 3 is 2.57 bits per heavy atom. The number of fused-ring (bicyclic) bond motifs is 2. The zero-order valence-corrected chi connectivity index (χ0v) is 20.9. The Labute approximate surface area is 215 Å². The predicted octanol–water partition coefficient (Wildman–Crippen LogP) is 3.37. The Morgan fingerprint density at radius 1 is 1.14 bits per heavy atom. The van der Waals surface area contributed by atoms with Crippen LogP contribution >= 0.6 is 0 Å². The number of halogens is 1. The summed E-state index contributed by atoms with van der Waals surface area (Å²) in [4.78, 5) is 27.9. The molecule has 0 bridgehead atoms. The molecule has 0 radical (unpaired) electrons. The quantitative estimate of drug-likeness (QED) is 0.552. The number of amides is 1. The molecular formula is C28H30FN5O3. The average molecular weight is 504 g/mol. The van der Waals surface area contributed by atoms with Gasteiger partial charge in [-0.1, -0.05) is 6.07 Å². The van der Waals surface area contributed by atoms with Crippen molar-refractivity contribution < 1.29 is 19.0 Å². The van der Waals surface area contributed by atoms with E-state index in [9.17, 15) is 14.3 Å². The second-order valence-corrected chi connectivity index (χ2v) is 10.2. The molecule has 37 heavy (non-hydrogen) atoms. The summed E-state index contributed by atoms with van der Waals surface area (Å²) in [7, 11) is 1.67. The number of aromatic nitrogens is 2. The SMILES string of the molecule is CN(CCO)C(=O)c1ccc2c(c1)N(c1ncc(-c3cc(N4CCCC4)ccc3F)cn1)CC21COC1. The van der Waals surface area contributed by atoms with Gasteiger partial charge in [-0.15, -0.1) is 0 Å². The molecule has 0 aliphatic carbocycles. The van der Waals surface area contributed by atoms with Crippen LogP contribution in [0.2, 0.25) is 0 Å². The second kappa shape index (κ2) is 9.39. The van der Waals surface area contributed by atoms with Crippen LogP contribution in [-0.2, 0) is 10.2 Å². The topological polar surface area (TPSA) is 82.0 Å². The van der Waals surface area contributed by atoms with Gasteiger partial charge in [0.05, 0.1) is 25.2 Å². The zero-order valence-electron chi connectivity index (χ0n) is 20.9. The molecular weight excluding hydrogens is 473 g/mol. The summed E-state index contributed by atoms with van der Waals surface area (Å²) in [5.74, 6) is 0.0389. The van der Waals surface area contributed by atoms with Gasteiger partial charge in [0.25, 0.3) is 5.91 Å². The number of carbonyl (C=O) groups is 1. The van der Waals surface area contributed by atoms with Gasteiger partial charge >= 0.3 is 0 Å². The molecule has 3 aliphatic heterocycles. The zero-order chi connectivity index (χ0) is 25.6. The summed E-state index contributed by atoms with van der Waals surface area (Å²) in [5.41, 5.74) is 4.49. The van der Waals surface area contributed by atoms with Gasteiger partial charge in [0.15, 0.2) is 0 Å². The molecule has 1 aromatic heterocycles. The second-order valence-electron chi connectivity index (χ2n) is 10.2. The summed E-state index contributed by atoms with van der Waals surface area (Å²) in [6, 6.07) is 10.9. The normalized spacial score (nSPS) is 17.7. The fourth-order valence-corrected chi connectivity index (χ4v) is 5.56. The van der Waals surface area contributed by atoms with Crippen LogP contribution in [0.4, 0.5) is 21.7 Å². The molecule has 8 nitrogen and oxygen atoms in total. The molecule has 6 rings (SSSR count). The molecule has 2 fully saturated rings. The van der Waals surface area contributed by atoms with E-state index in [0.29, 0.717) is 42.4 Å². The summed E-state index contributed by atoms with van der Waals surface area (Å²) in [6.45, 7) is 3.98. The van der Waals surface area contributed by atoms with E-state index in [-0.39, 0.29) is 30.3 Å². The highest BCUT2D eigenvalue weighted by atomic mass is 19.1. The van der Waals surface area contributed by atoms with E-state index in [2.05, 4.69) is 14.9 Å². The number of rotatable bonds is 6. The van der Waals surface area contributed by atoms with Gasteiger partial charge in [-0.3, -0.25) is 4.79 Å². The van der Waals surface area contributed by atoms with Crippen LogP contribution in [0.15, 0.2) is 48.8 Å². The number of nitrogens with zero attached hydrogens (tertiary/aromatic N) is 5. The van der Waals surface area contributed by atoms with Gasteiger partial charge < -0.3 is 24.5 Å². The lowest BCUT2D eigenvalue weighted by Crippen LogP contribution is -2.49. The van der Waals surface area contributed by atoms with Crippen molar-refractivity contribution in [2.45, 2.75) is 18.3 Å². The van der Waals surface area contributed by atoms with Crippen molar-refractivity contribution in [2.75, 3.05) is 62.8 Å². The Bertz CT molecular complexity index is 1320. The highest BCUT2D eigenvalue weighted by Gasteiger charge is 2.49. The van der Waals surface area contributed by atoms with Gasteiger partial charge in [-0.25, -0.2) is 14.4 Å². The first-order chi connectivity index (χ1) is 18.0. The monoisotopic (exact) mass is 503 g/mol. The fourth-order valence-electron chi connectivity index (χ4n) is 5.56. The van der Waals surface area contributed by atoms with Crippen LogP contribution in [0.5, 0.6) is 0 Å². The van der Waals surface area contributed by atoms with Crippen LogP contribution in [0, 0.1) is 5.82 Å². The predicted molar refractivity (Wildman–Crippen MR) is 139 cm³/mol. The first-order valence-corrected chi connectivity index (χ1v) is 12.7. The average Bonchev–Trinajstić information content (AvgIpc) is 3.55. The minimum atomic E-state index is -0.300. The number of aliphatic hydroxyl groups excluding tert-OH is 1. The minimum Gasteiger partial charge on any atom is -0.395 e. The number of carbonyl (C=O) groups excluding carboxylic acids is 1. The number of hydrogen-bond acceptors (Lipinski definition) is 7. The van der Waals surface area contributed by atoms with Gasteiger partial charge in [-0.2, -0.15) is 0 Å². The van der Waals surface area contributed by atoms with E-state index in [1.807, 2.05) is 35.2 Å². The Kier molecular flexibility index (Phi) is 6.04. The molecule has 3 aliphatic rings. The Morgan fingerprint density at radius 2 is 1.89 bits per heavy atom. The number of hydrogen-bond donors (Lipinski definition) is 1. The molecule has 0 atom stereocenters. The van der Waals surface area contributed by atoms with E-state index in [4.69, 9.17) is 4.74 Å². The van der Waals surface area contributed by atoms with Gasteiger partial charge in [0.1, 0.15) is 5.82 Å². The van der Waals surface area contributed by atoms with Gasteiger partial charge in [0, 0.05) is 73.7 Å². The molecule has 1 amide bonds. The van der Waals surface area contributed by atoms with Crippen LogP contribution in [0.1, 0.15) is 28.8 Å². The van der Waals surface area contributed by atoms with E-state index < -0.39 is 0 Å². The van der Waals surface area contributed by atoms with Gasteiger partial charge in [-0.05, 0) is 48.7 Å². The van der Waals surface area contributed by atoms with E-state index in [1.165, 1.54) is 11.0 Å². The smallest absolute Gasteiger partial charge is 0.253 e. The maximum absolute atomic E-state index is 14.8. The summed E-state index contributed by atoms with van der Waals surface area (Å²) in [6.07, 6.45) is 5.64. The molecule has 0 unspecified atom stereocenters. The molecule has 3 aromatic rings. The van der Waals surface area contributed by atoms with Crippen molar-refractivity contribution in [3.8, 4) is 11.1 Å². The molecule has 1 N–H and O–H groups in total. The first kappa shape index (κ1) is 23.8. The van der Waals surface area contributed by atoms with E-state index in [0.717, 1.165) is 42.9 Å². The standard InChI is InChI=1S/C28H30FN5O3/c1-32(10-11-35)26(36)19-4-6-23-25(12-19)34(16-28(23)17-37-18-28)27-30-14-20(15-31-27)22-13-21(5-7-24(22)29)33-8-2-3-9-33/h4-7,12-15,35H,2-3,8-11,16-18H2,1H3. The van der Waals surface area contributed by atoms with Crippen LogP contribution in [-0.4, -0.2) is 78.9 Å². The number of likely N-dealkylation sites (N-methyl/N-ethyl adjacent to an activating group) is 1. The lowest BCUT2D eigenvalue weighted by molar-refractivity contribution is -0.0507. The lowest BCUT2D eigenvalue weighted by atomic mass is 9.80. The maximum atomic E-state index is 14.8. The van der Waals surface area contributed by atoms with Crippen molar-refractivity contribution in [1.29, 1.82) is 0 Å². The van der Waals surface area contributed by atoms with Crippen molar-refractivity contribution in [3.05, 3.63) is 65.7 Å². The first-order valence-electron chi connectivity index (χ1n) is 12.7. The maximum Gasteiger partial charge on any atom is 0.253 e. The minimum absolute atomic E-state index is 0.0958. The molecule has 2 saturated heterocycles. The molecule has 1 spiro atoms. The largest absolute Gasteiger partial charge is 0.395 e. The lowest BCUT2D eigenvalue weighted by Gasteiger charge is -2.38. The molecule has 4 heterocycles. The summed E-state index contributed by atoms with van der Waals surface area (Å²) < 4.78 is 20.4. The van der Waals surface area contributed by atoms with Crippen LogP contribution < -0.4 is 9.80 Å². The molecule has 2 aromatic carbocycles.